The molecule has 0 aliphatic carbocycles. The monoisotopic (exact) mass is 547 g/mol. The molecule has 0 saturated carbocycles. The number of carbonyl (C=O) groups is 1. The number of benzene rings is 3. The highest BCUT2D eigenvalue weighted by atomic mass is 32.2. The Hall–Kier alpha value is -3.06. The molecular formula is C27H31F2N3O5S. The van der Waals surface area contributed by atoms with Crippen LogP contribution in [-0.2, 0) is 39.0 Å². The minimum Gasteiger partial charge on any atom is -0.384 e. The lowest BCUT2D eigenvalue weighted by molar-refractivity contribution is -0.128. The lowest BCUT2D eigenvalue weighted by Crippen LogP contribution is -2.44. The Morgan fingerprint density at radius 3 is 2.42 bits per heavy atom. The standard InChI is InChI=1S/C27H31F2N3O5S/c28-21-9-10-24(29)20(13-21)14-22(30)15-32-38(35,36)23-8-4-7-19(11-23)12-26(33)27(34)25(31)17-37-16-18-5-2-1-3-6-18/h1-11,13,22,25,27,32,34H,12,14-17,30-31H2. The molecular weight excluding hydrogens is 516 g/mol. The maximum absolute atomic E-state index is 13.8. The molecule has 0 aliphatic rings. The number of nitrogens with two attached hydrogens (primary N) is 2. The summed E-state index contributed by atoms with van der Waals surface area (Å²) in [6.45, 7) is 0.0150. The van der Waals surface area contributed by atoms with Crippen LogP contribution in [-0.4, -0.2) is 50.6 Å². The minimum atomic E-state index is -4.02. The van der Waals surface area contributed by atoms with Crippen molar-refractivity contribution < 1.29 is 31.8 Å². The third-order valence-electron chi connectivity index (χ3n) is 5.77. The number of carbonyl (C=O) groups excluding carboxylic acids is 1. The average Bonchev–Trinajstić information content (AvgIpc) is 2.90. The van der Waals surface area contributed by atoms with Crippen LogP contribution in [0.4, 0.5) is 8.78 Å². The number of nitrogens with one attached hydrogen (secondary N) is 1. The van der Waals surface area contributed by atoms with E-state index in [0.717, 1.165) is 23.8 Å². The highest BCUT2D eigenvalue weighted by Gasteiger charge is 2.24. The van der Waals surface area contributed by atoms with Crippen molar-refractivity contribution in [2.24, 2.45) is 11.5 Å². The largest absolute Gasteiger partial charge is 0.384 e. The van der Waals surface area contributed by atoms with Gasteiger partial charge in [0, 0.05) is 19.0 Å². The quantitative estimate of drug-likeness (QED) is 0.241. The van der Waals surface area contributed by atoms with Crippen LogP contribution in [0, 0.1) is 11.6 Å². The van der Waals surface area contributed by atoms with Gasteiger partial charge in [0.25, 0.3) is 0 Å². The molecule has 204 valence electrons. The van der Waals surface area contributed by atoms with Gasteiger partial charge in [-0.05, 0) is 53.4 Å². The number of Topliss-reactive ketones (excluding diaryl/α,β-unsaturated/α-hetero) is 1. The van der Waals surface area contributed by atoms with Crippen molar-refractivity contribution in [3.63, 3.8) is 0 Å². The van der Waals surface area contributed by atoms with Crippen molar-refractivity contribution >= 4 is 15.8 Å². The van der Waals surface area contributed by atoms with Gasteiger partial charge in [-0.3, -0.25) is 4.79 Å². The van der Waals surface area contributed by atoms with Crippen molar-refractivity contribution in [2.75, 3.05) is 13.2 Å². The summed E-state index contributed by atoms with van der Waals surface area (Å²) in [6.07, 6.45) is -1.81. The van der Waals surface area contributed by atoms with Gasteiger partial charge in [-0.1, -0.05) is 42.5 Å². The van der Waals surface area contributed by atoms with Crippen LogP contribution < -0.4 is 16.2 Å². The number of aliphatic hydroxyl groups excluding tert-OH is 1. The fourth-order valence-electron chi connectivity index (χ4n) is 3.70. The molecule has 0 saturated heterocycles. The summed E-state index contributed by atoms with van der Waals surface area (Å²) in [7, 11) is -4.02. The summed E-state index contributed by atoms with van der Waals surface area (Å²) < 4.78 is 60.5. The molecule has 0 radical (unpaired) electrons. The van der Waals surface area contributed by atoms with Crippen LogP contribution in [0.15, 0.2) is 77.7 Å². The van der Waals surface area contributed by atoms with Crippen molar-refractivity contribution in [3.8, 4) is 0 Å². The predicted octanol–water partition coefficient (Wildman–Crippen LogP) is 1.83. The summed E-state index contributed by atoms with van der Waals surface area (Å²) >= 11 is 0. The molecule has 8 nitrogen and oxygen atoms in total. The smallest absolute Gasteiger partial charge is 0.240 e. The van der Waals surface area contributed by atoms with E-state index in [1.54, 1.807) is 6.07 Å². The highest BCUT2D eigenvalue weighted by molar-refractivity contribution is 7.89. The van der Waals surface area contributed by atoms with E-state index < -0.39 is 45.6 Å². The Balaban J connectivity index is 1.53. The van der Waals surface area contributed by atoms with E-state index in [-0.39, 0.29) is 43.1 Å². The van der Waals surface area contributed by atoms with E-state index in [0.29, 0.717) is 5.56 Å². The maximum atomic E-state index is 13.8. The van der Waals surface area contributed by atoms with Gasteiger partial charge >= 0.3 is 0 Å². The van der Waals surface area contributed by atoms with E-state index in [9.17, 15) is 27.1 Å². The van der Waals surface area contributed by atoms with Crippen LogP contribution in [0.3, 0.4) is 0 Å². The normalized spacial score (nSPS) is 14.1. The summed E-state index contributed by atoms with van der Waals surface area (Å²) in [5.41, 5.74) is 13.2. The van der Waals surface area contributed by atoms with Crippen LogP contribution >= 0.6 is 0 Å². The molecule has 0 aromatic heterocycles. The third kappa shape index (κ3) is 8.76. The van der Waals surface area contributed by atoms with Crippen LogP contribution in [0.5, 0.6) is 0 Å². The highest BCUT2D eigenvalue weighted by Crippen LogP contribution is 2.15. The summed E-state index contributed by atoms with van der Waals surface area (Å²) in [5, 5.41) is 10.3. The fraction of sp³-hybridized carbons (Fsp3) is 0.296. The van der Waals surface area contributed by atoms with Crippen molar-refractivity contribution in [1.82, 2.24) is 4.72 Å². The number of sulfonamides is 1. The Morgan fingerprint density at radius 2 is 1.68 bits per heavy atom. The lowest BCUT2D eigenvalue weighted by Gasteiger charge is -2.18. The number of ether oxygens (including phenoxy) is 1. The molecule has 0 bridgehead atoms. The van der Waals surface area contributed by atoms with Crippen LogP contribution in [0.1, 0.15) is 16.7 Å². The zero-order chi connectivity index (χ0) is 27.7. The number of rotatable bonds is 14. The fourth-order valence-corrected chi connectivity index (χ4v) is 4.86. The molecule has 0 spiro atoms. The number of hydrogen-bond donors (Lipinski definition) is 4. The summed E-state index contributed by atoms with van der Waals surface area (Å²) in [4.78, 5) is 12.4. The first-order valence-corrected chi connectivity index (χ1v) is 13.4. The Morgan fingerprint density at radius 1 is 0.974 bits per heavy atom. The zero-order valence-corrected chi connectivity index (χ0v) is 21.4. The van der Waals surface area contributed by atoms with E-state index >= 15 is 0 Å². The molecule has 38 heavy (non-hydrogen) atoms. The molecule has 3 aromatic carbocycles. The van der Waals surface area contributed by atoms with Crippen LogP contribution in [0.2, 0.25) is 0 Å². The second-order valence-corrected chi connectivity index (χ2v) is 10.7. The Kier molecular flexibility index (Phi) is 10.6. The molecule has 0 aliphatic heterocycles. The second-order valence-electron chi connectivity index (χ2n) is 8.95. The van der Waals surface area contributed by atoms with Gasteiger partial charge in [0.2, 0.25) is 10.0 Å². The molecule has 6 N–H and O–H groups in total. The van der Waals surface area contributed by atoms with Gasteiger partial charge in [-0.25, -0.2) is 21.9 Å². The summed E-state index contributed by atoms with van der Waals surface area (Å²) in [6, 6.07) is 16.2. The van der Waals surface area contributed by atoms with E-state index in [1.165, 1.54) is 18.2 Å². The van der Waals surface area contributed by atoms with E-state index in [2.05, 4.69) is 4.72 Å². The number of aliphatic hydroxyl groups is 1. The van der Waals surface area contributed by atoms with Gasteiger partial charge in [0.1, 0.15) is 17.7 Å². The van der Waals surface area contributed by atoms with Gasteiger partial charge < -0.3 is 21.3 Å². The van der Waals surface area contributed by atoms with Crippen molar-refractivity contribution in [3.05, 3.63) is 101 Å². The maximum Gasteiger partial charge on any atom is 0.240 e. The zero-order valence-electron chi connectivity index (χ0n) is 20.6. The molecule has 0 amide bonds. The molecule has 11 heteroatoms. The summed E-state index contributed by atoms with van der Waals surface area (Å²) in [5.74, 6) is -1.83. The lowest BCUT2D eigenvalue weighted by atomic mass is 10.0. The van der Waals surface area contributed by atoms with Crippen LogP contribution in [0.25, 0.3) is 0 Å². The number of hydrogen-bond acceptors (Lipinski definition) is 7. The molecule has 3 aromatic rings. The number of ketones is 1. The molecule has 3 unspecified atom stereocenters. The third-order valence-corrected chi connectivity index (χ3v) is 7.19. The molecule has 0 heterocycles. The SMILES string of the molecule is NC(CNS(=O)(=O)c1cccc(CC(=O)C(O)C(N)COCc2ccccc2)c1)Cc1cc(F)ccc1F. The second kappa shape index (κ2) is 13.7. The predicted molar refractivity (Wildman–Crippen MR) is 138 cm³/mol. The van der Waals surface area contributed by atoms with Gasteiger partial charge in [-0.2, -0.15) is 0 Å². The van der Waals surface area contributed by atoms with Crippen molar-refractivity contribution in [2.45, 2.75) is 42.5 Å². The first-order chi connectivity index (χ1) is 18.0. The number of halogens is 2. The van der Waals surface area contributed by atoms with Crippen molar-refractivity contribution in [1.29, 1.82) is 0 Å². The minimum absolute atomic E-state index is 0.0411. The Labute approximate surface area is 220 Å². The first-order valence-electron chi connectivity index (χ1n) is 11.9. The molecule has 0 fully saturated rings. The first kappa shape index (κ1) is 29.5. The van der Waals surface area contributed by atoms with Gasteiger partial charge in [0.15, 0.2) is 5.78 Å². The van der Waals surface area contributed by atoms with E-state index in [1.807, 2.05) is 30.3 Å². The average molecular weight is 548 g/mol. The topological polar surface area (TPSA) is 145 Å². The van der Waals surface area contributed by atoms with Gasteiger partial charge in [0.05, 0.1) is 24.2 Å². The Bertz CT molecular complexity index is 1330. The van der Waals surface area contributed by atoms with E-state index in [4.69, 9.17) is 16.2 Å². The molecule has 3 rings (SSSR count). The molecule has 3 atom stereocenters. The van der Waals surface area contributed by atoms with Gasteiger partial charge in [-0.15, -0.1) is 0 Å².